The van der Waals surface area contributed by atoms with Crippen molar-refractivity contribution in [2.45, 2.75) is 45.1 Å². The van der Waals surface area contributed by atoms with Crippen LogP contribution in [0.5, 0.6) is 0 Å². The molecule has 4 rings (SSSR count). The lowest BCUT2D eigenvalue weighted by atomic mass is 9.94. The first-order valence-corrected chi connectivity index (χ1v) is 10.6. The Morgan fingerprint density at radius 3 is 2.50 bits per heavy atom. The zero-order valence-corrected chi connectivity index (χ0v) is 16.9. The Balaban J connectivity index is 1.28. The molecule has 2 aliphatic heterocycles. The lowest BCUT2D eigenvalue weighted by Crippen LogP contribution is -2.38. The summed E-state index contributed by atoms with van der Waals surface area (Å²) in [7, 11) is 0. The zero-order chi connectivity index (χ0) is 19.3. The second-order valence-corrected chi connectivity index (χ2v) is 8.16. The zero-order valence-electron chi connectivity index (χ0n) is 16.9. The number of anilines is 1. The molecule has 1 atom stereocenters. The molecule has 0 aromatic heterocycles. The highest BCUT2D eigenvalue weighted by Gasteiger charge is 2.27. The summed E-state index contributed by atoms with van der Waals surface area (Å²) in [6, 6.07) is 17.3. The van der Waals surface area contributed by atoms with Gasteiger partial charge >= 0.3 is 6.03 Å². The van der Waals surface area contributed by atoms with Crippen LogP contribution < -0.4 is 10.2 Å². The van der Waals surface area contributed by atoms with Crippen LogP contribution in [-0.4, -0.2) is 37.1 Å². The third-order valence-electron chi connectivity index (χ3n) is 6.21. The molecular formula is C24H31N3O. The van der Waals surface area contributed by atoms with Crippen molar-refractivity contribution in [1.29, 1.82) is 0 Å². The Kier molecular flexibility index (Phi) is 5.84. The Labute approximate surface area is 168 Å². The Morgan fingerprint density at radius 1 is 1.00 bits per heavy atom. The molecule has 0 spiro atoms. The molecule has 2 aromatic carbocycles. The lowest BCUT2D eigenvalue weighted by molar-refractivity contribution is 0.208. The molecule has 2 aromatic rings. The lowest BCUT2D eigenvalue weighted by Gasteiger charge is -2.28. The maximum absolute atomic E-state index is 12.6. The van der Waals surface area contributed by atoms with Gasteiger partial charge in [0.1, 0.15) is 0 Å². The number of benzene rings is 2. The van der Waals surface area contributed by atoms with E-state index in [-0.39, 0.29) is 6.03 Å². The Morgan fingerprint density at radius 2 is 1.75 bits per heavy atom. The van der Waals surface area contributed by atoms with Crippen molar-refractivity contribution < 1.29 is 4.79 Å². The Hall–Kier alpha value is -2.49. The van der Waals surface area contributed by atoms with E-state index in [1.165, 1.54) is 36.1 Å². The van der Waals surface area contributed by atoms with E-state index in [4.69, 9.17) is 0 Å². The van der Waals surface area contributed by atoms with Crippen molar-refractivity contribution in [3.05, 3.63) is 65.2 Å². The predicted molar refractivity (Wildman–Crippen MR) is 115 cm³/mol. The molecule has 4 nitrogen and oxygen atoms in total. The molecule has 0 saturated carbocycles. The van der Waals surface area contributed by atoms with Crippen molar-refractivity contribution in [2.75, 3.05) is 31.1 Å². The van der Waals surface area contributed by atoms with Crippen LogP contribution in [0.4, 0.5) is 10.5 Å². The van der Waals surface area contributed by atoms with Crippen LogP contribution in [0, 0.1) is 6.92 Å². The molecule has 0 radical (unpaired) electrons. The molecule has 4 heteroatoms. The standard InChI is InChI=1S/C24H31N3O/c1-19-7-3-4-8-23(19)21-13-16-27(18-21)24(28)25-17-20-9-11-22(12-10-20)26-14-5-2-6-15-26/h3-4,7-12,21H,2,5-6,13-18H2,1H3,(H,25,28). The maximum Gasteiger partial charge on any atom is 0.317 e. The molecule has 2 heterocycles. The summed E-state index contributed by atoms with van der Waals surface area (Å²) in [5, 5.41) is 3.10. The van der Waals surface area contributed by atoms with Gasteiger partial charge in [0.25, 0.3) is 0 Å². The molecular weight excluding hydrogens is 346 g/mol. The van der Waals surface area contributed by atoms with Gasteiger partial charge in [-0.2, -0.15) is 0 Å². The van der Waals surface area contributed by atoms with Crippen molar-refractivity contribution in [1.82, 2.24) is 10.2 Å². The fourth-order valence-electron chi connectivity index (χ4n) is 4.51. The summed E-state index contributed by atoms with van der Waals surface area (Å²) < 4.78 is 0. The van der Waals surface area contributed by atoms with Crippen LogP contribution in [0.2, 0.25) is 0 Å². The summed E-state index contributed by atoms with van der Waals surface area (Å²) in [5.74, 6) is 0.454. The largest absolute Gasteiger partial charge is 0.372 e. The van der Waals surface area contributed by atoms with E-state index in [0.29, 0.717) is 12.5 Å². The van der Waals surface area contributed by atoms with Crippen molar-refractivity contribution >= 4 is 11.7 Å². The molecule has 148 valence electrons. The number of carbonyl (C=O) groups is 1. The maximum atomic E-state index is 12.6. The number of carbonyl (C=O) groups excluding carboxylic acids is 1. The summed E-state index contributed by atoms with van der Waals surface area (Å²) in [6.07, 6.45) is 4.97. The van der Waals surface area contributed by atoms with Gasteiger partial charge in [-0.05, 0) is 61.4 Å². The number of piperidine rings is 1. The molecule has 2 amide bonds. The van der Waals surface area contributed by atoms with E-state index in [0.717, 1.165) is 38.2 Å². The minimum absolute atomic E-state index is 0.0520. The number of rotatable bonds is 4. The van der Waals surface area contributed by atoms with E-state index < -0.39 is 0 Å². The number of amides is 2. The van der Waals surface area contributed by atoms with Gasteiger partial charge in [0.15, 0.2) is 0 Å². The van der Waals surface area contributed by atoms with Crippen LogP contribution in [0.3, 0.4) is 0 Å². The number of likely N-dealkylation sites (tertiary alicyclic amines) is 1. The number of nitrogens with zero attached hydrogens (tertiary/aromatic N) is 2. The molecule has 0 bridgehead atoms. The quantitative estimate of drug-likeness (QED) is 0.839. The van der Waals surface area contributed by atoms with E-state index >= 15 is 0 Å². The van der Waals surface area contributed by atoms with Gasteiger partial charge in [-0.25, -0.2) is 4.79 Å². The third-order valence-corrected chi connectivity index (χ3v) is 6.21. The minimum Gasteiger partial charge on any atom is -0.372 e. The first-order valence-electron chi connectivity index (χ1n) is 10.6. The molecule has 0 aliphatic carbocycles. The second kappa shape index (κ2) is 8.68. The minimum atomic E-state index is 0.0520. The average Bonchev–Trinajstić information content (AvgIpc) is 3.23. The van der Waals surface area contributed by atoms with Crippen LogP contribution in [0.15, 0.2) is 48.5 Å². The predicted octanol–water partition coefficient (Wildman–Crippen LogP) is 4.68. The molecule has 2 aliphatic rings. The number of hydrogen-bond acceptors (Lipinski definition) is 2. The van der Waals surface area contributed by atoms with Crippen molar-refractivity contribution in [3.8, 4) is 0 Å². The van der Waals surface area contributed by atoms with Crippen molar-refractivity contribution in [2.24, 2.45) is 0 Å². The van der Waals surface area contributed by atoms with Gasteiger partial charge in [-0.3, -0.25) is 0 Å². The first-order chi connectivity index (χ1) is 13.7. The summed E-state index contributed by atoms with van der Waals surface area (Å²) in [4.78, 5) is 17.0. The van der Waals surface area contributed by atoms with E-state index in [1.807, 2.05) is 4.90 Å². The normalized spacial score (nSPS) is 19.7. The third kappa shape index (κ3) is 4.32. The number of nitrogens with one attached hydrogen (secondary N) is 1. The SMILES string of the molecule is Cc1ccccc1C1CCN(C(=O)NCc2ccc(N3CCCCC3)cc2)C1. The van der Waals surface area contributed by atoms with E-state index in [9.17, 15) is 4.79 Å². The number of urea groups is 1. The molecule has 2 fully saturated rings. The van der Waals surface area contributed by atoms with Gasteiger partial charge in [0.2, 0.25) is 0 Å². The fraction of sp³-hybridized carbons (Fsp3) is 0.458. The average molecular weight is 378 g/mol. The van der Waals surface area contributed by atoms with Crippen molar-refractivity contribution in [3.63, 3.8) is 0 Å². The van der Waals surface area contributed by atoms with Crippen LogP contribution in [0.1, 0.15) is 48.3 Å². The fourth-order valence-corrected chi connectivity index (χ4v) is 4.51. The summed E-state index contributed by atoms with van der Waals surface area (Å²) in [6.45, 7) is 6.71. The number of aryl methyl sites for hydroxylation is 1. The highest BCUT2D eigenvalue weighted by atomic mass is 16.2. The highest BCUT2D eigenvalue weighted by molar-refractivity contribution is 5.74. The molecule has 1 unspecified atom stereocenters. The van der Waals surface area contributed by atoms with Crippen LogP contribution >= 0.6 is 0 Å². The topological polar surface area (TPSA) is 35.6 Å². The molecule has 28 heavy (non-hydrogen) atoms. The first kappa shape index (κ1) is 18.9. The monoisotopic (exact) mass is 377 g/mol. The Bertz CT molecular complexity index is 796. The van der Waals surface area contributed by atoms with E-state index in [1.54, 1.807) is 0 Å². The van der Waals surface area contributed by atoms with Gasteiger partial charge in [0, 0.05) is 44.3 Å². The molecule has 2 saturated heterocycles. The summed E-state index contributed by atoms with van der Waals surface area (Å²) in [5.41, 5.74) is 5.16. The molecule has 1 N–H and O–H groups in total. The highest BCUT2D eigenvalue weighted by Crippen LogP contribution is 2.29. The summed E-state index contributed by atoms with van der Waals surface area (Å²) >= 11 is 0. The van der Waals surface area contributed by atoms with Gasteiger partial charge in [-0.1, -0.05) is 36.4 Å². The van der Waals surface area contributed by atoms with Gasteiger partial charge < -0.3 is 15.1 Å². The van der Waals surface area contributed by atoms with Crippen LogP contribution in [0.25, 0.3) is 0 Å². The van der Waals surface area contributed by atoms with E-state index in [2.05, 4.69) is 65.7 Å². The van der Waals surface area contributed by atoms with Crippen LogP contribution in [-0.2, 0) is 6.54 Å². The van der Waals surface area contributed by atoms with Gasteiger partial charge in [-0.15, -0.1) is 0 Å². The van der Waals surface area contributed by atoms with Gasteiger partial charge in [0.05, 0.1) is 0 Å². The number of hydrogen-bond donors (Lipinski definition) is 1. The smallest absolute Gasteiger partial charge is 0.317 e. The second-order valence-electron chi connectivity index (χ2n) is 8.16.